The highest BCUT2D eigenvalue weighted by Gasteiger charge is 2.35. The van der Waals surface area contributed by atoms with E-state index in [0.717, 1.165) is 22.7 Å². The Kier molecular flexibility index (Phi) is 5.39. The van der Waals surface area contributed by atoms with Crippen LogP contribution < -0.4 is 0 Å². The fourth-order valence-electron chi connectivity index (χ4n) is 2.22. The molecule has 1 aliphatic rings. The van der Waals surface area contributed by atoms with Crippen LogP contribution in [0.3, 0.4) is 0 Å². The predicted octanol–water partition coefficient (Wildman–Crippen LogP) is 6.02. The third kappa shape index (κ3) is 4.01. The van der Waals surface area contributed by atoms with Crippen molar-refractivity contribution in [3.63, 3.8) is 0 Å². The Morgan fingerprint density at radius 3 is 2.48 bits per heavy atom. The zero-order chi connectivity index (χ0) is 18.1. The largest absolute Gasteiger partial charge is 0.293 e. The molecule has 0 radical (unpaired) electrons. The molecule has 1 fully saturated rings. The highest BCUT2D eigenvalue weighted by atomic mass is 35.5. The van der Waals surface area contributed by atoms with E-state index in [1.165, 1.54) is 18.2 Å². The third-order valence-corrected chi connectivity index (χ3v) is 5.29. The van der Waals surface area contributed by atoms with Gasteiger partial charge in [-0.15, -0.1) is 0 Å². The molecule has 2 amide bonds. The van der Waals surface area contributed by atoms with Crippen molar-refractivity contribution in [2.45, 2.75) is 6.54 Å². The Bertz CT molecular complexity index is 917. The Hall–Kier alpha value is -1.53. The standard InChI is InChI=1S/C17H9Cl3FNO2S/c18-11-3-1-9(13(19)6-11)5-15-16(23)22(17(24)25-15)8-10-2-4-12(21)7-14(10)20/h1-7H,8H2/b15-5-. The number of halogens is 4. The van der Waals surface area contributed by atoms with E-state index < -0.39 is 17.0 Å². The maximum Gasteiger partial charge on any atom is 0.293 e. The molecule has 8 heteroatoms. The first-order valence-electron chi connectivity index (χ1n) is 6.99. The normalized spacial score (nSPS) is 16.2. The highest BCUT2D eigenvalue weighted by molar-refractivity contribution is 8.18. The number of rotatable bonds is 3. The maximum atomic E-state index is 13.1. The van der Waals surface area contributed by atoms with Gasteiger partial charge in [0.05, 0.1) is 11.4 Å². The number of carbonyl (C=O) groups excluding carboxylic acids is 2. The van der Waals surface area contributed by atoms with Crippen molar-refractivity contribution in [3.05, 3.63) is 73.3 Å². The number of hydrogen-bond donors (Lipinski definition) is 0. The van der Waals surface area contributed by atoms with E-state index in [1.54, 1.807) is 18.2 Å². The van der Waals surface area contributed by atoms with Gasteiger partial charge in [0.1, 0.15) is 5.82 Å². The molecule has 0 spiro atoms. The van der Waals surface area contributed by atoms with E-state index in [0.29, 0.717) is 21.2 Å². The topological polar surface area (TPSA) is 37.4 Å². The van der Waals surface area contributed by atoms with Crippen LogP contribution in [0, 0.1) is 5.82 Å². The first kappa shape index (κ1) is 18.3. The fourth-order valence-corrected chi connectivity index (χ4v) is 3.74. The minimum absolute atomic E-state index is 0.0323. The number of carbonyl (C=O) groups is 2. The molecule has 1 heterocycles. The van der Waals surface area contributed by atoms with E-state index in [1.807, 2.05) is 0 Å². The molecule has 2 aromatic rings. The number of nitrogens with zero attached hydrogens (tertiary/aromatic N) is 1. The summed E-state index contributed by atoms with van der Waals surface area (Å²) < 4.78 is 13.1. The summed E-state index contributed by atoms with van der Waals surface area (Å²) in [5, 5.41) is 0.576. The lowest BCUT2D eigenvalue weighted by Gasteiger charge is -2.13. The zero-order valence-electron chi connectivity index (χ0n) is 12.4. The van der Waals surface area contributed by atoms with Gasteiger partial charge in [0.2, 0.25) is 0 Å². The van der Waals surface area contributed by atoms with Crippen molar-refractivity contribution < 1.29 is 14.0 Å². The summed E-state index contributed by atoms with van der Waals surface area (Å²) >= 11 is 18.7. The monoisotopic (exact) mass is 415 g/mol. The SMILES string of the molecule is O=C1S/C(=C\c2ccc(Cl)cc2Cl)C(=O)N1Cc1ccc(F)cc1Cl. The lowest BCUT2D eigenvalue weighted by atomic mass is 10.2. The van der Waals surface area contributed by atoms with Gasteiger partial charge >= 0.3 is 0 Å². The summed E-state index contributed by atoms with van der Waals surface area (Å²) in [7, 11) is 0. The van der Waals surface area contributed by atoms with Gasteiger partial charge in [-0.3, -0.25) is 14.5 Å². The van der Waals surface area contributed by atoms with Crippen LogP contribution in [-0.4, -0.2) is 16.0 Å². The van der Waals surface area contributed by atoms with Gasteiger partial charge in [0.25, 0.3) is 11.1 Å². The predicted molar refractivity (Wildman–Crippen MR) is 99.4 cm³/mol. The second kappa shape index (κ2) is 7.38. The zero-order valence-corrected chi connectivity index (χ0v) is 15.5. The number of hydrogen-bond acceptors (Lipinski definition) is 3. The highest BCUT2D eigenvalue weighted by Crippen LogP contribution is 2.35. The molecule has 0 aliphatic carbocycles. The van der Waals surface area contributed by atoms with Crippen molar-refractivity contribution >= 4 is 63.8 Å². The number of imide groups is 1. The second-order valence-electron chi connectivity index (χ2n) is 5.17. The summed E-state index contributed by atoms with van der Waals surface area (Å²) in [6.45, 7) is -0.0323. The summed E-state index contributed by atoms with van der Waals surface area (Å²) in [4.78, 5) is 26.0. The van der Waals surface area contributed by atoms with Crippen molar-refractivity contribution in [2.24, 2.45) is 0 Å². The van der Waals surface area contributed by atoms with Gasteiger partial charge in [0, 0.05) is 15.1 Å². The molecule has 3 rings (SSSR count). The van der Waals surface area contributed by atoms with E-state index in [2.05, 4.69) is 0 Å². The first-order valence-corrected chi connectivity index (χ1v) is 8.94. The van der Waals surface area contributed by atoms with Crippen LogP contribution in [-0.2, 0) is 11.3 Å². The maximum absolute atomic E-state index is 13.1. The van der Waals surface area contributed by atoms with Gasteiger partial charge in [0.15, 0.2) is 0 Å². The molecule has 0 unspecified atom stereocenters. The summed E-state index contributed by atoms with van der Waals surface area (Å²) in [6, 6.07) is 8.67. The van der Waals surface area contributed by atoms with Crippen molar-refractivity contribution in [1.82, 2.24) is 4.90 Å². The molecule has 0 aromatic heterocycles. The van der Waals surface area contributed by atoms with E-state index in [9.17, 15) is 14.0 Å². The molecule has 2 aromatic carbocycles. The van der Waals surface area contributed by atoms with Crippen LogP contribution in [0.1, 0.15) is 11.1 Å². The first-order chi connectivity index (χ1) is 11.8. The lowest BCUT2D eigenvalue weighted by molar-refractivity contribution is -0.123. The van der Waals surface area contributed by atoms with Crippen LogP contribution in [0.5, 0.6) is 0 Å². The average Bonchev–Trinajstić information content (AvgIpc) is 2.80. The van der Waals surface area contributed by atoms with Crippen LogP contribution in [0.2, 0.25) is 15.1 Å². The van der Waals surface area contributed by atoms with E-state index in [-0.39, 0.29) is 16.5 Å². The third-order valence-electron chi connectivity index (χ3n) is 3.47. The average molecular weight is 417 g/mol. The van der Waals surface area contributed by atoms with Crippen LogP contribution in [0.25, 0.3) is 6.08 Å². The minimum Gasteiger partial charge on any atom is -0.268 e. The van der Waals surface area contributed by atoms with Crippen LogP contribution in [0.4, 0.5) is 9.18 Å². The molecule has 0 N–H and O–H groups in total. The minimum atomic E-state index is -0.486. The second-order valence-corrected chi connectivity index (χ2v) is 7.41. The molecule has 1 aliphatic heterocycles. The Balaban J connectivity index is 1.86. The van der Waals surface area contributed by atoms with Gasteiger partial charge in [-0.25, -0.2) is 4.39 Å². The summed E-state index contributed by atoms with van der Waals surface area (Å²) in [5.41, 5.74) is 1.06. The van der Waals surface area contributed by atoms with Crippen molar-refractivity contribution in [3.8, 4) is 0 Å². The van der Waals surface area contributed by atoms with Gasteiger partial charge in [-0.1, -0.05) is 46.9 Å². The Morgan fingerprint density at radius 2 is 1.80 bits per heavy atom. The van der Waals surface area contributed by atoms with Crippen molar-refractivity contribution in [2.75, 3.05) is 0 Å². The number of amides is 2. The van der Waals surface area contributed by atoms with Gasteiger partial charge in [-0.2, -0.15) is 0 Å². The van der Waals surface area contributed by atoms with Gasteiger partial charge in [-0.05, 0) is 53.2 Å². The Morgan fingerprint density at radius 1 is 1.04 bits per heavy atom. The molecule has 1 saturated heterocycles. The van der Waals surface area contributed by atoms with Crippen LogP contribution in [0.15, 0.2) is 41.3 Å². The Labute approximate surface area is 162 Å². The summed E-state index contributed by atoms with van der Waals surface area (Å²) in [6.07, 6.45) is 1.54. The molecule has 0 atom stereocenters. The molecular weight excluding hydrogens is 408 g/mol. The van der Waals surface area contributed by atoms with E-state index >= 15 is 0 Å². The molecule has 3 nitrogen and oxygen atoms in total. The van der Waals surface area contributed by atoms with Crippen molar-refractivity contribution in [1.29, 1.82) is 0 Å². The quantitative estimate of drug-likeness (QED) is 0.574. The smallest absolute Gasteiger partial charge is 0.268 e. The van der Waals surface area contributed by atoms with Crippen LogP contribution >= 0.6 is 46.6 Å². The molecular formula is C17H9Cl3FNO2S. The van der Waals surface area contributed by atoms with Gasteiger partial charge < -0.3 is 0 Å². The lowest BCUT2D eigenvalue weighted by Crippen LogP contribution is -2.27. The summed E-state index contributed by atoms with van der Waals surface area (Å²) in [5.74, 6) is -0.943. The molecule has 0 saturated carbocycles. The molecule has 25 heavy (non-hydrogen) atoms. The number of thioether (sulfide) groups is 1. The molecule has 128 valence electrons. The van der Waals surface area contributed by atoms with E-state index in [4.69, 9.17) is 34.8 Å². The fraction of sp³-hybridized carbons (Fsp3) is 0.0588. The number of benzene rings is 2. The molecule has 0 bridgehead atoms.